The van der Waals surface area contributed by atoms with Gasteiger partial charge >= 0.3 is 0 Å². The van der Waals surface area contributed by atoms with Gasteiger partial charge in [0, 0.05) is 17.6 Å². The molecule has 0 radical (unpaired) electrons. The lowest BCUT2D eigenvalue weighted by Gasteiger charge is -2.46. The minimum absolute atomic E-state index is 0.204. The minimum Gasteiger partial charge on any atom is -0.325 e. The fourth-order valence-corrected chi connectivity index (χ4v) is 3.23. The van der Waals surface area contributed by atoms with Crippen molar-refractivity contribution in [1.82, 2.24) is 4.90 Å². The molecule has 2 fully saturated rings. The molecule has 1 saturated heterocycles. The smallest absolute Gasteiger partial charge is 0.0169 e. The molecule has 2 heteroatoms. The highest BCUT2D eigenvalue weighted by atomic mass is 15.2. The van der Waals surface area contributed by atoms with E-state index in [4.69, 9.17) is 5.73 Å². The molecule has 0 bridgehead atoms. The molecule has 2 aliphatic rings. The molecule has 2 N–H and O–H groups in total. The zero-order valence-corrected chi connectivity index (χ0v) is 10.3. The summed E-state index contributed by atoms with van der Waals surface area (Å²) in [7, 11) is 0. The molecule has 1 heterocycles. The molecule has 0 aromatic rings. The van der Waals surface area contributed by atoms with Crippen LogP contribution in [0.1, 0.15) is 58.8 Å². The fourth-order valence-electron chi connectivity index (χ4n) is 3.23. The molecule has 0 aromatic carbocycles. The van der Waals surface area contributed by atoms with Gasteiger partial charge in [0.1, 0.15) is 0 Å². The van der Waals surface area contributed by atoms with E-state index in [0.717, 1.165) is 6.04 Å². The van der Waals surface area contributed by atoms with E-state index in [2.05, 4.69) is 18.7 Å². The number of piperidine rings is 1. The number of nitrogens with zero attached hydrogens (tertiary/aromatic N) is 1. The fraction of sp³-hybridized carbons (Fsp3) is 1.00. The van der Waals surface area contributed by atoms with Crippen LogP contribution in [0, 0.1) is 0 Å². The molecular weight excluding hydrogens is 184 g/mol. The summed E-state index contributed by atoms with van der Waals surface area (Å²) >= 11 is 0. The molecule has 1 aliphatic heterocycles. The number of rotatable bonds is 3. The van der Waals surface area contributed by atoms with Gasteiger partial charge in [-0.3, -0.25) is 4.90 Å². The summed E-state index contributed by atoms with van der Waals surface area (Å²) in [5.41, 5.74) is 6.57. The summed E-state index contributed by atoms with van der Waals surface area (Å²) in [6.45, 7) is 5.93. The summed E-state index contributed by atoms with van der Waals surface area (Å²) < 4.78 is 0. The average molecular weight is 210 g/mol. The second kappa shape index (κ2) is 4.42. The largest absolute Gasteiger partial charge is 0.325 e. The second-order valence-corrected chi connectivity index (χ2v) is 5.90. The Morgan fingerprint density at radius 3 is 2.53 bits per heavy atom. The van der Waals surface area contributed by atoms with Crippen molar-refractivity contribution in [2.75, 3.05) is 6.54 Å². The molecule has 1 saturated carbocycles. The van der Waals surface area contributed by atoms with Crippen molar-refractivity contribution in [2.24, 2.45) is 5.73 Å². The number of likely N-dealkylation sites (tertiary alicyclic amines) is 1. The third kappa shape index (κ3) is 2.54. The van der Waals surface area contributed by atoms with Crippen molar-refractivity contribution >= 4 is 0 Å². The van der Waals surface area contributed by atoms with E-state index in [1.807, 2.05) is 0 Å². The van der Waals surface area contributed by atoms with Crippen LogP contribution in [0.2, 0.25) is 0 Å². The molecule has 0 spiro atoms. The molecule has 15 heavy (non-hydrogen) atoms. The van der Waals surface area contributed by atoms with E-state index in [1.165, 1.54) is 51.5 Å². The van der Waals surface area contributed by atoms with Crippen molar-refractivity contribution in [1.29, 1.82) is 0 Å². The van der Waals surface area contributed by atoms with Gasteiger partial charge < -0.3 is 5.73 Å². The Hall–Kier alpha value is -0.0800. The molecule has 2 nitrogen and oxygen atoms in total. The first kappa shape index (κ1) is 11.4. The summed E-state index contributed by atoms with van der Waals surface area (Å²) in [5, 5.41) is 0. The van der Waals surface area contributed by atoms with Crippen LogP contribution in [0.25, 0.3) is 0 Å². The normalized spacial score (nSPS) is 31.6. The molecule has 88 valence electrons. The predicted octanol–water partition coefficient (Wildman–Crippen LogP) is 2.52. The topological polar surface area (TPSA) is 29.3 Å². The third-order valence-corrected chi connectivity index (χ3v) is 4.33. The third-order valence-electron chi connectivity index (χ3n) is 4.33. The van der Waals surface area contributed by atoms with Gasteiger partial charge in [-0.15, -0.1) is 0 Å². The zero-order valence-electron chi connectivity index (χ0n) is 10.3. The van der Waals surface area contributed by atoms with Crippen LogP contribution in [-0.2, 0) is 0 Å². The predicted molar refractivity (Wildman–Crippen MR) is 64.9 cm³/mol. The van der Waals surface area contributed by atoms with Gasteiger partial charge in [0.05, 0.1) is 0 Å². The van der Waals surface area contributed by atoms with Crippen LogP contribution in [0.4, 0.5) is 0 Å². The Morgan fingerprint density at radius 2 is 2.00 bits per heavy atom. The van der Waals surface area contributed by atoms with Gasteiger partial charge in [0.25, 0.3) is 0 Å². The van der Waals surface area contributed by atoms with E-state index >= 15 is 0 Å². The maximum Gasteiger partial charge on any atom is 0.0169 e. The first-order valence-electron chi connectivity index (χ1n) is 6.65. The highest BCUT2D eigenvalue weighted by Crippen LogP contribution is 2.36. The van der Waals surface area contributed by atoms with Gasteiger partial charge in [0.2, 0.25) is 0 Å². The average Bonchev–Trinajstić information content (AvgIpc) is 2.16. The van der Waals surface area contributed by atoms with Crippen LogP contribution >= 0.6 is 0 Å². The first-order chi connectivity index (χ1) is 7.11. The van der Waals surface area contributed by atoms with Crippen LogP contribution in [0.15, 0.2) is 0 Å². The monoisotopic (exact) mass is 210 g/mol. The van der Waals surface area contributed by atoms with Gasteiger partial charge in [-0.1, -0.05) is 6.42 Å². The minimum atomic E-state index is 0.204. The quantitative estimate of drug-likeness (QED) is 0.775. The van der Waals surface area contributed by atoms with E-state index in [0.29, 0.717) is 6.04 Å². The van der Waals surface area contributed by atoms with Crippen molar-refractivity contribution in [3.63, 3.8) is 0 Å². The van der Waals surface area contributed by atoms with Crippen LogP contribution in [0.3, 0.4) is 0 Å². The summed E-state index contributed by atoms with van der Waals surface area (Å²) in [6, 6.07) is 1.46. The maximum absolute atomic E-state index is 6.37. The lowest BCUT2D eigenvalue weighted by Crippen LogP contribution is -2.54. The molecule has 1 aliphatic carbocycles. The first-order valence-corrected chi connectivity index (χ1v) is 6.65. The Bertz CT molecular complexity index is 209. The van der Waals surface area contributed by atoms with Crippen molar-refractivity contribution < 1.29 is 0 Å². The maximum atomic E-state index is 6.37. The lowest BCUT2D eigenvalue weighted by molar-refractivity contribution is 0.0691. The van der Waals surface area contributed by atoms with E-state index in [1.54, 1.807) is 0 Å². The highest BCUT2D eigenvalue weighted by molar-refractivity contribution is 4.97. The van der Waals surface area contributed by atoms with Crippen LogP contribution in [-0.4, -0.2) is 29.1 Å². The molecule has 1 unspecified atom stereocenters. The van der Waals surface area contributed by atoms with Crippen molar-refractivity contribution in [3.8, 4) is 0 Å². The van der Waals surface area contributed by atoms with Gasteiger partial charge in [0.15, 0.2) is 0 Å². The van der Waals surface area contributed by atoms with Gasteiger partial charge in [-0.2, -0.15) is 0 Å². The van der Waals surface area contributed by atoms with E-state index < -0.39 is 0 Å². The second-order valence-electron chi connectivity index (χ2n) is 5.90. The SMILES string of the molecule is CC(C)N1CCCCC1CC1(N)CCC1. The molecular formula is C13H26N2. The number of nitrogens with two attached hydrogens (primary N) is 1. The lowest BCUT2D eigenvalue weighted by atomic mass is 9.72. The zero-order chi connectivity index (χ0) is 10.9. The molecule has 2 rings (SSSR count). The Balaban J connectivity index is 1.92. The van der Waals surface area contributed by atoms with Crippen LogP contribution in [0.5, 0.6) is 0 Å². The molecule has 1 atom stereocenters. The van der Waals surface area contributed by atoms with Crippen LogP contribution < -0.4 is 5.73 Å². The molecule has 0 amide bonds. The Morgan fingerprint density at radius 1 is 1.27 bits per heavy atom. The van der Waals surface area contributed by atoms with Gasteiger partial charge in [-0.05, 0) is 58.9 Å². The summed E-state index contributed by atoms with van der Waals surface area (Å²) in [6.07, 6.45) is 9.27. The van der Waals surface area contributed by atoms with E-state index in [9.17, 15) is 0 Å². The van der Waals surface area contributed by atoms with Gasteiger partial charge in [-0.25, -0.2) is 0 Å². The Labute approximate surface area is 94.2 Å². The molecule has 0 aromatic heterocycles. The van der Waals surface area contributed by atoms with E-state index in [-0.39, 0.29) is 5.54 Å². The standard InChI is InChI=1S/C13H26N2/c1-11(2)15-9-4-3-6-12(15)10-13(14)7-5-8-13/h11-12H,3-10,14H2,1-2H3. The number of hydrogen-bond acceptors (Lipinski definition) is 2. The Kier molecular flexibility index (Phi) is 3.36. The van der Waals surface area contributed by atoms with Crippen molar-refractivity contribution in [3.05, 3.63) is 0 Å². The number of hydrogen-bond donors (Lipinski definition) is 1. The highest BCUT2D eigenvalue weighted by Gasteiger charge is 2.37. The summed E-state index contributed by atoms with van der Waals surface area (Å²) in [4.78, 5) is 2.68. The van der Waals surface area contributed by atoms with Crippen molar-refractivity contribution in [2.45, 2.75) is 76.4 Å². The summed E-state index contributed by atoms with van der Waals surface area (Å²) in [5.74, 6) is 0.